The third-order valence-electron chi connectivity index (χ3n) is 3.60. The van der Waals surface area contributed by atoms with Gasteiger partial charge >= 0.3 is 6.18 Å². The summed E-state index contributed by atoms with van der Waals surface area (Å²) in [6.45, 7) is 0. The van der Waals surface area contributed by atoms with Crippen LogP contribution < -0.4 is 10.6 Å². The molecule has 0 spiro atoms. The van der Waals surface area contributed by atoms with Crippen LogP contribution in [0.3, 0.4) is 0 Å². The van der Waals surface area contributed by atoms with Gasteiger partial charge in [0.25, 0.3) is 5.91 Å². The van der Waals surface area contributed by atoms with Crippen LogP contribution in [0.2, 0.25) is 0 Å². The highest BCUT2D eigenvalue weighted by Gasteiger charge is 2.29. The minimum atomic E-state index is -4.41. The summed E-state index contributed by atoms with van der Waals surface area (Å²) >= 11 is 1.29. The Morgan fingerprint density at radius 3 is 2.32 bits per heavy atom. The molecular weight excluding hydrogens is 393 g/mol. The molecule has 2 heterocycles. The number of carbonyl (C=O) groups is 2. The number of nitrogens with one attached hydrogen (secondary N) is 2. The first-order valence-electron chi connectivity index (χ1n) is 7.93. The maximum absolute atomic E-state index is 12.5. The van der Waals surface area contributed by atoms with Crippen molar-refractivity contribution in [1.82, 2.24) is 9.97 Å². The van der Waals surface area contributed by atoms with E-state index in [1.165, 1.54) is 41.2 Å². The van der Waals surface area contributed by atoms with Crippen molar-refractivity contribution in [3.8, 4) is 0 Å². The molecule has 6 nitrogen and oxygen atoms in total. The minimum Gasteiger partial charge on any atom is -0.324 e. The van der Waals surface area contributed by atoms with Gasteiger partial charge in [0.2, 0.25) is 5.91 Å². The van der Waals surface area contributed by atoms with Crippen LogP contribution >= 0.6 is 11.3 Å². The number of amides is 2. The summed E-state index contributed by atoms with van der Waals surface area (Å²) in [5.41, 5.74) is 1.89. The zero-order valence-corrected chi connectivity index (χ0v) is 15.0. The van der Waals surface area contributed by atoms with Gasteiger partial charge in [-0.25, -0.2) is 9.97 Å². The Bertz CT molecular complexity index is 956. The van der Waals surface area contributed by atoms with Gasteiger partial charge in [0, 0.05) is 5.38 Å². The Morgan fingerprint density at radius 1 is 1.00 bits per heavy atom. The number of anilines is 2. The smallest absolute Gasteiger partial charge is 0.324 e. The third kappa shape index (κ3) is 5.13. The quantitative estimate of drug-likeness (QED) is 0.671. The first kappa shape index (κ1) is 19.5. The van der Waals surface area contributed by atoms with Crippen molar-refractivity contribution in [3.05, 3.63) is 70.3 Å². The molecule has 0 atom stereocenters. The van der Waals surface area contributed by atoms with E-state index in [9.17, 15) is 22.8 Å². The molecule has 144 valence electrons. The van der Waals surface area contributed by atoms with E-state index in [0.29, 0.717) is 17.1 Å². The fourth-order valence-corrected chi connectivity index (χ4v) is 2.78. The van der Waals surface area contributed by atoms with E-state index in [1.807, 2.05) is 0 Å². The Balaban J connectivity index is 1.55. The third-order valence-corrected chi connectivity index (χ3v) is 4.19. The molecule has 2 N–H and O–H groups in total. The van der Waals surface area contributed by atoms with E-state index in [4.69, 9.17) is 0 Å². The number of aromatic nitrogens is 2. The molecule has 2 amide bonds. The number of pyridine rings is 1. The molecule has 2 aromatic heterocycles. The number of benzene rings is 1. The molecular formula is C18H13F3N4O2S. The van der Waals surface area contributed by atoms with E-state index in [-0.39, 0.29) is 12.1 Å². The number of hydrogen-bond acceptors (Lipinski definition) is 5. The van der Waals surface area contributed by atoms with E-state index >= 15 is 0 Å². The van der Waals surface area contributed by atoms with Crippen molar-refractivity contribution >= 4 is 34.7 Å². The average Bonchev–Trinajstić information content (AvgIpc) is 3.18. The Morgan fingerprint density at radius 2 is 1.75 bits per heavy atom. The summed E-state index contributed by atoms with van der Waals surface area (Å²) in [6, 6.07) is 7.45. The summed E-state index contributed by atoms with van der Waals surface area (Å²) in [5.74, 6) is -0.507. The molecule has 0 aliphatic carbocycles. The number of thiazole rings is 1. The molecule has 10 heteroatoms. The Kier molecular flexibility index (Phi) is 5.69. The number of alkyl halides is 3. The zero-order chi connectivity index (χ0) is 20.1. The van der Waals surface area contributed by atoms with Crippen LogP contribution in [0.25, 0.3) is 0 Å². The Hall–Kier alpha value is -3.27. The van der Waals surface area contributed by atoms with Crippen molar-refractivity contribution in [2.75, 3.05) is 10.6 Å². The molecule has 0 aliphatic heterocycles. The van der Waals surface area contributed by atoms with E-state index in [1.54, 1.807) is 11.4 Å². The fraction of sp³-hybridized carbons (Fsp3) is 0.111. The van der Waals surface area contributed by atoms with E-state index in [0.717, 1.165) is 12.1 Å². The average molecular weight is 406 g/mol. The summed E-state index contributed by atoms with van der Waals surface area (Å²) in [6.07, 6.45) is -3.13. The van der Waals surface area contributed by atoms with Gasteiger partial charge in [-0.2, -0.15) is 13.2 Å². The van der Waals surface area contributed by atoms with E-state index < -0.39 is 23.6 Å². The molecule has 3 rings (SSSR count). The zero-order valence-electron chi connectivity index (χ0n) is 14.2. The van der Waals surface area contributed by atoms with Crippen LogP contribution in [0.4, 0.5) is 24.7 Å². The molecule has 0 bridgehead atoms. The lowest BCUT2D eigenvalue weighted by atomic mass is 10.1. The maximum atomic E-state index is 12.5. The maximum Gasteiger partial charge on any atom is 0.416 e. The predicted molar refractivity (Wildman–Crippen MR) is 98.1 cm³/mol. The van der Waals surface area contributed by atoms with Gasteiger partial charge in [0.15, 0.2) is 0 Å². The van der Waals surface area contributed by atoms with Crippen LogP contribution in [-0.4, -0.2) is 21.8 Å². The normalized spacial score (nSPS) is 11.1. The van der Waals surface area contributed by atoms with Gasteiger partial charge in [0.05, 0.1) is 29.4 Å². The molecule has 3 aromatic rings. The number of halogens is 3. The lowest BCUT2D eigenvalue weighted by molar-refractivity contribution is -0.137. The second-order valence-electron chi connectivity index (χ2n) is 5.68. The van der Waals surface area contributed by atoms with Crippen molar-refractivity contribution < 1.29 is 22.8 Å². The standard InChI is InChI=1S/C18H13F3N4O2S/c19-18(20,21)12-3-1-11(2-4-12)7-16(26)24-13-5-6-15(22-8-13)25-17(27)14-9-28-10-23-14/h1-6,8-10H,7H2,(H,24,26)(H,22,25,27). The number of nitrogens with zero attached hydrogens (tertiary/aromatic N) is 2. The van der Waals surface area contributed by atoms with Gasteiger partial charge in [-0.15, -0.1) is 11.3 Å². The first-order chi connectivity index (χ1) is 13.3. The molecule has 0 saturated carbocycles. The monoisotopic (exact) mass is 406 g/mol. The van der Waals surface area contributed by atoms with Gasteiger partial charge in [0.1, 0.15) is 11.5 Å². The Labute approximate surface area is 161 Å². The summed E-state index contributed by atoms with van der Waals surface area (Å²) < 4.78 is 37.6. The lowest BCUT2D eigenvalue weighted by Crippen LogP contribution is -2.16. The molecule has 0 aliphatic rings. The van der Waals surface area contributed by atoms with Crippen LogP contribution in [-0.2, 0) is 17.4 Å². The van der Waals surface area contributed by atoms with Gasteiger partial charge in [-0.1, -0.05) is 12.1 Å². The minimum absolute atomic E-state index is 0.0829. The second-order valence-corrected chi connectivity index (χ2v) is 6.40. The van der Waals surface area contributed by atoms with Crippen molar-refractivity contribution in [1.29, 1.82) is 0 Å². The van der Waals surface area contributed by atoms with E-state index in [2.05, 4.69) is 20.6 Å². The summed E-state index contributed by atoms with van der Waals surface area (Å²) in [4.78, 5) is 31.8. The van der Waals surface area contributed by atoms with Crippen LogP contribution in [0.15, 0.2) is 53.5 Å². The highest BCUT2D eigenvalue weighted by molar-refractivity contribution is 7.07. The lowest BCUT2D eigenvalue weighted by Gasteiger charge is -2.09. The summed E-state index contributed by atoms with van der Waals surface area (Å²) in [5, 5.41) is 6.77. The number of hydrogen-bond donors (Lipinski definition) is 2. The van der Waals surface area contributed by atoms with Crippen LogP contribution in [0, 0.1) is 0 Å². The van der Waals surface area contributed by atoms with Gasteiger partial charge in [-0.3, -0.25) is 9.59 Å². The highest BCUT2D eigenvalue weighted by Crippen LogP contribution is 2.29. The van der Waals surface area contributed by atoms with Crippen LogP contribution in [0.5, 0.6) is 0 Å². The number of rotatable bonds is 5. The molecule has 0 saturated heterocycles. The molecule has 28 heavy (non-hydrogen) atoms. The van der Waals surface area contributed by atoms with Gasteiger partial charge in [-0.05, 0) is 29.8 Å². The fourth-order valence-electron chi connectivity index (χ4n) is 2.25. The molecule has 0 fully saturated rings. The van der Waals surface area contributed by atoms with Crippen molar-refractivity contribution in [2.24, 2.45) is 0 Å². The van der Waals surface area contributed by atoms with Gasteiger partial charge < -0.3 is 10.6 Å². The summed E-state index contributed by atoms with van der Waals surface area (Å²) in [7, 11) is 0. The molecule has 0 radical (unpaired) electrons. The van der Waals surface area contributed by atoms with Crippen molar-refractivity contribution in [3.63, 3.8) is 0 Å². The predicted octanol–water partition coefficient (Wildman–Crippen LogP) is 3.99. The highest BCUT2D eigenvalue weighted by atomic mass is 32.1. The van der Waals surface area contributed by atoms with Crippen molar-refractivity contribution in [2.45, 2.75) is 12.6 Å². The first-order valence-corrected chi connectivity index (χ1v) is 8.87. The topological polar surface area (TPSA) is 84.0 Å². The molecule has 0 unspecified atom stereocenters. The number of carbonyl (C=O) groups excluding carboxylic acids is 2. The second kappa shape index (κ2) is 8.17. The van der Waals surface area contributed by atoms with Crippen LogP contribution in [0.1, 0.15) is 21.6 Å². The largest absolute Gasteiger partial charge is 0.416 e. The SMILES string of the molecule is O=C(Cc1ccc(C(F)(F)F)cc1)Nc1ccc(NC(=O)c2cscn2)nc1. The molecule has 1 aromatic carbocycles.